The molecule has 0 spiro atoms. The highest BCUT2D eigenvalue weighted by molar-refractivity contribution is 5.68. The Bertz CT molecular complexity index is 829. The van der Waals surface area contributed by atoms with Crippen molar-refractivity contribution in [1.82, 2.24) is 4.57 Å². The van der Waals surface area contributed by atoms with Gasteiger partial charge in [0.25, 0.3) is 5.82 Å². The fourth-order valence-corrected chi connectivity index (χ4v) is 3.97. The van der Waals surface area contributed by atoms with Gasteiger partial charge in [-0.2, -0.15) is 0 Å². The molecule has 2 heterocycles. The van der Waals surface area contributed by atoms with E-state index in [2.05, 4.69) is 76.9 Å². The summed E-state index contributed by atoms with van der Waals surface area (Å²) in [6.45, 7) is 4.54. The van der Waals surface area contributed by atoms with Crippen LogP contribution in [0.5, 0.6) is 0 Å². The quantitative estimate of drug-likeness (QED) is 0.578. The Labute approximate surface area is 150 Å². The number of imidazole rings is 1. The van der Waals surface area contributed by atoms with E-state index in [0.29, 0.717) is 0 Å². The van der Waals surface area contributed by atoms with Gasteiger partial charge in [-0.15, -0.1) is 0 Å². The molecule has 25 heavy (non-hydrogen) atoms. The van der Waals surface area contributed by atoms with Gasteiger partial charge >= 0.3 is 0 Å². The lowest BCUT2D eigenvalue weighted by atomic mass is 10.0. The van der Waals surface area contributed by atoms with Crippen LogP contribution in [0.15, 0.2) is 60.8 Å². The van der Waals surface area contributed by atoms with Crippen molar-refractivity contribution in [3.63, 3.8) is 0 Å². The van der Waals surface area contributed by atoms with Crippen molar-refractivity contribution in [2.45, 2.75) is 52.1 Å². The zero-order chi connectivity index (χ0) is 17.1. The molecule has 0 atom stereocenters. The predicted molar refractivity (Wildman–Crippen MR) is 103 cm³/mol. The highest BCUT2D eigenvalue weighted by atomic mass is 15.2. The summed E-state index contributed by atoms with van der Waals surface area (Å²) in [7, 11) is 0. The average Bonchev–Trinajstić information content (AvgIpc) is 2.84. The zero-order valence-electron chi connectivity index (χ0n) is 15.1. The van der Waals surface area contributed by atoms with E-state index in [0.717, 1.165) is 13.1 Å². The second-order valence-electron chi connectivity index (χ2n) is 7.03. The number of hydrogen-bond donors (Lipinski definition) is 0. The molecule has 1 aliphatic rings. The number of benzene rings is 2. The SMILES string of the molecule is CCC[n+]1cc(-c2ccc(-c3ccccc3)cc2)n2c1CCCCC2. The van der Waals surface area contributed by atoms with Crippen LogP contribution in [0.2, 0.25) is 0 Å². The molecular formula is C23H27N2+. The molecule has 4 rings (SSSR count). The van der Waals surface area contributed by atoms with E-state index in [4.69, 9.17) is 0 Å². The average molecular weight is 331 g/mol. The van der Waals surface area contributed by atoms with Crippen LogP contribution in [0.4, 0.5) is 0 Å². The summed E-state index contributed by atoms with van der Waals surface area (Å²) in [6.07, 6.45) is 8.74. The minimum atomic E-state index is 1.12. The summed E-state index contributed by atoms with van der Waals surface area (Å²) in [4.78, 5) is 0. The molecule has 0 aliphatic carbocycles. The molecule has 0 unspecified atom stereocenters. The highest BCUT2D eigenvalue weighted by Crippen LogP contribution is 2.27. The van der Waals surface area contributed by atoms with Crippen molar-refractivity contribution in [2.75, 3.05) is 0 Å². The third-order valence-corrected chi connectivity index (χ3v) is 5.25. The molecule has 0 amide bonds. The Morgan fingerprint density at radius 1 is 0.840 bits per heavy atom. The summed E-state index contributed by atoms with van der Waals surface area (Å²) < 4.78 is 5.06. The van der Waals surface area contributed by atoms with Crippen LogP contribution in [0.3, 0.4) is 0 Å². The molecule has 0 fully saturated rings. The van der Waals surface area contributed by atoms with Crippen LogP contribution in [-0.4, -0.2) is 4.57 Å². The van der Waals surface area contributed by atoms with Crippen molar-refractivity contribution in [3.05, 3.63) is 66.6 Å². The van der Waals surface area contributed by atoms with Gasteiger partial charge in [-0.1, -0.05) is 49.4 Å². The van der Waals surface area contributed by atoms with Crippen molar-refractivity contribution >= 4 is 0 Å². The molecule has 0 saturated heterocycles. The Morgan fingerprint density at radius 3 is 2.32 bits per heavy atom. The maximum absolute atomic E-state index is 2.57. The Hall–Kier alpha value is -2.35. The number of aromatic nitrogens is 2. The second kappa shape index (κ2) is 7.26. The first-order valence-corrected chi connectivity index (χ1v) is 9.64. The van der Waals surface area contributed by atoms with Gasteiger partial charge in [0.2, 0.25) is 0 Å². The fraction of sp³-hybridized carbons (Fsp3) is 0.348. The largest absolute Gasteiger partial charge is 0.256 e. The van der Waals surface area contributed by atoms with E-state index in [1.165, 1.54) is 60.3 Å². The van der Waals surface area contributed by atoms with Crippen molar-refractivity contribution in [3.8, 4) is 22.4 Å². The van der Waals surface area contributed by atoms with Crippen LogP contribution >= 0.6 is 0 Å². The standard InChI is InChI=1S/C23H27N2/c1-2-16-24-18-22(25-17-8-4-7-11-23(24)25)21-14-12-20(13-15-21)19-9-5-3-6-10-19/h3,5-6,9-10,12-15,18H,2,4,7-8,11,16-17H2,1H3/q+1. The van der Waals surface area contributed by atoms with Gasteiger partial charge in [-0.25, -0.2) is 9.13 Å². The van der Waals surface area contributed by atoms with Crippen molar-refractivity contribution in [2.24, 2.45) is 0 Å². The maximum atomic E-state index is 2.57. The van der Waals surface area contributed by atoms with Gasteiger partial charge in [0.05, 0.1) is 13.1 Å². The molecule has 2 heteroatoms. The molecule has 0 bridgehead atoms. The van der Waals surface area contributed by atoms with E-state index in [-0.39, 0.29) is 0 Å². The number of nitrogens with zero attached hydrogens (tertiary/aromatic N) is 2. The van der Waals surface area contributed by atoms with Crippen LogP contribution in [0, 0.1) is 0 Å². The third kappa shape index (κ3) is 3.26. The maximum Gasteiger partial charge on any atom is 0.256 e. The molecule has 3 aromatic rings. The molecule has 2 nitrogen and oxygen atoms in total. The Kier molecular flexibility index (Phi) is 4.69. The smallest absolute Gasteiger partial charge is 0.234 e. The topological polar surface area (TPSA) is 8.81 Å². The van der Waals surface area contributed by atoms with Gasteiger partial charge < -0.3 is 0 Å². The van der Waals surface area contributed by atoms with Crippen LogP contribution in [0.25, 0.3) is 22.4 Å². The van der Waals surface area contributed by atoms with E-state index >= 15 is 0 Å². The summed E-state index contributed by atoms with van der Waals surface area (Å²) in [5, 5.41) is 0. The molecule has 0 saturated carbocycles. The van der Waals surface area contributed by atoms with Gasteiger partial charge in [0.15, 0.2) is 5.69 Å². The number of rotatable bonds is 4. The number of fused-ring (bicyclic) bond motifs is 1. The third-order valence-electron chi connectivity index (χ3n) is 5.25. The lowest BCUT2D eigenvalue weighted by molar-refractivity contribution is -0.703. The predicted octanol–water partition coefficient (Wildman–Crippen LogP) is 5.25. The minimum absolute atomic E-state index is 1.12. The van der Waals surface area contributed by atoms with E-state index in [1.807, 2.05) is 0 Å². The lowest BCUT2D eigenvalue weighted by Crippen LogP contribution is -2.36. The molecule has 2 aromatic carbocycles. The number of hydrogen-bond acceptors (Lipinski definition) is 0. The van der Waals surface area contributed by atoms with Crippen molar-refractivity contribution in [1.29, 1.82) is 0 Å². The molecular weight excluding hydrogens is 304 g/mol. The van der Waals surface area contributed by atoms with E-state index in [1.54, 1.807) is 0 Å². The normalized spacial score (nSPS) is 14.1. The summed E-state index contributed by atoms with van der Waals surface area (Å²) in [5.41, 5.74) is 5.28. The molecule has 1 aliphatic heterocycles. The Balaban J connectivity index is 1.72. The summed E-state index contributed by atoms with van der Waals surface area (Å²) >= 11 is 0. The van der Waals surface area contributed by atoms with Crippen molar-refractivity contribution < 1.29 is 4.57 Å². The monoisotopic (exact) mass is 331 g/mol. The first-order chi connectivity index (χ1) is 12.4. The highest BCUT2D eigenvalue weighted by Gasteiger charge is 2.25. The molecule has 128 valence electrons. The summed E-state index contributed by atoms with van der Waals surface area (Å²) in [6, 6.07) is 19.7. The number of aryl methyl sites for hydroxylation is 1. The van der Waals surface area contributed by atoms with Crippen LogP contribution < -0.4 is 4.57 Å². The van der Waals surface area contributed by atoms with Crippen LogP contribution in [0.1, 0.15) is 38.4 Å². The first-order valence-electron chi connectivity index (χ1n) is 9.64. The molecule has 0 radical (unpaired) electrons. The van der Waals surface area contributed by atoms with E-state index in [9.17, 15) is 0 Å². The first kappa shape index (κ1) is 16.1. The Morgan fingerprint density at radius 2 is 1.56 bits per heavy atom. The van der Waals surface area contributed by atoms with E-state index < -0.39 is 0 Å². The van der Waals surface area contributed by atoms with Crippen LogP contribution in [-0.2, 0) is 19.5 Å². The summed E-state index contributed by atoms with van der Waals surface area (Å²) in [5.74, 6) is 1.52. The van der Waals surface area contributed by atoms with Gasteiger partial charge in [-0.05, 0) is 48.9 Å². The molecule has 1 aromatic heterocycles. The van der Waals surface area contributed by atoms with Gasteiger partial charge in [0, 0.05) is 12.0 Å². The van der Waals surface area contributed by atoms with Gasteiger partial charge in [0.1, 0.15) is 6.20 Å². The second-order valence-corrected chi connectivity index (χ2v) is 7.03. The lowest BCUT2D eigenvalue weighted by Gasteiger charge is -2.05. The minimum Gasteiger partial charge on any atom is -0.234 e. The van der Waals surface area contributed by atoms with Gasteiger partial charge in [-0.3, -0.25) is 0 Å². The fourth-order valence-electron chi connectivity index (χ4n) is 3.97. The zero-order valence-corrected chi connectivity index (χ0v) is 15.1. The molecule has 0 N–H and O–H groups in total.